The van der Waals surface area contributed by atoms with Gasteiger partial charge in [0.15, 0.2) is 0 Å². The van der Waals surface area contributed by atoms with E-state index in [0.717, 1.165) is 47.0 Å². The van der Waals surface area contributed by atoms with E-state index >= 15 is 0 Å². The van der Waals surface area contributed by atoms with Crippen LogP contribution in [0, 0.1) is 45.3 Å². The molecule has 2 rings (SSSR count). The average Bonchev–Trinajstić information content (AvgIpc) is 3.13. The second-order valence-electron chi connectivity index (χ2n) is 11.8. The standard InChI is InChI=1S/C28H40N2O2S2/c1-19(15-27(3,4)5)11-13-31-22-9-10-23(32-14-12-20(2)16-28(6,7)8)25-24(22)33-26(34-25)21(17-29)18-30/h9-10,19-20H,11-16H2,1-8H3. The van der Waals surface area contributed by atoms with Gasteiger partial charge < -0.3 is 9.47 Å². The Morgan fingerprint density at radius 2 is 1.18 bits per heavy atom. The van der Waals surface area contributed by atoms with Crippen molar-refractivity contribution in [2.45, 2.75) is 90.9 Å². The molecule has 0 aromatic heterocycles. The van der Waals surface area contributed by atoms with Crippen LogP contribution in [0.15, 0.2) is 31.7 Å². The molecule has 1 aromatic carbocycles. The van der Waals surface area contributed by atoms with E-state index < -0.39 is 0 Å². The molecule has 1 aromatic rings. The van der Waals surface area contributed by atoms with Crippen molar-refractivity contribution in [3.63, 3.8) is 0 Å². The summed E-state index contributed by atoms with van der Waals surface area (Å²) in [6, 6.07) is 7.98. The van der Waals surface area contributed by atoms with Gasteiger partial charge in [0.25, 0.3) is 0 Å². The summed E-state index contributed by atoms with van der Waals surface area (Å²) in [4.78, 5) is 1.90. The summed E-state index contributed by atoms with van der Waals surface area (Å²) in [5.41, 5.74) is 0.753. The molecule has 0 bridgehead atoms. The van der Waals surface area contributed by atoms with E-state index in [-0.39, 0.29) is 5.57 Å². The first kappa shape index (κ1) is 28.5. The third kappa shape index (κ3) is 9.12. The number of nitriles is 2. The number of rotatable bonds is 10. The molecule has 0 aliphatic carbocycles. The molecular formula is C28H40N2O2S2. The van der Waals surface area contributed by atoms with Crippen LogP contribution in [0.4, 0.5) is 0 Å². The van der Waals surface area contributed by atoms with Gasteiger partial charge in [-0.25, -0.2) is 0 Å². The van der Waals surface area contributed by atoms with Gasteiger partial charge in [-0.1, -0.05) is 78.9 Å². The normalized spacial score (nSPS) is 15.2. The highest BCUT2D eigenvalue weighted by Gasteiger charge is 2.29. The average molecular weight is 501 g/mol. The van der Waals surface area contributed by atoms with Gasteiger partial charge in [0.1, 0.15) is 29.2 Å². The maximum Gasteiger partial charge on any atom is 0.150 e. The lowest BCUT2D eigenvalue weighted by atomic mass is 9.84. The van der Waals surface area contributed by atoms with Gasteiger partial charge in [-0.05, 0) is 60.5 Å². The Balaban J connectivity index is 2.13. The Bertz CT molecular complexity index is 884. The molecule has 34 heavy (non-hydrogen) atoms. The van der Waals surface area contributed by atoms with Crippen molar-refractivity contribution in [2.24, 2.45) is 22.7 Å². The number of allylic oxidation sites excluding steroid dienone is 1. The van der Waals surface area contributed by atoms with Crippen molar-refractivity contribution in [1.82, 2.24) is 0 Å². The minimum Gasteiger partial charge on any atom is -0.492 e. The van der Waals surface area contributed by atoms with Crippen LogP contribution in [-0.2, 0) is 0 Å². The van der Waals surface area contributed by atoms with Crippen molar-refractivity contribution >= 4 is 23.5 Å². The second kappa shape index (κ2) is 12.3. The Morgan fingerprint density at radius 3 is 1.50 bits per heavy atom. The molecule has 2 unspecified atom stereocenters. The zero-order valence-electron chi connectivity index (χ0n) is 22.1. The van der Waals surface area contributed by atoms with Gasteiger partial charge in [-0.3, -0.25) is 0 Å². The smallest absolute Gasteiger partial charge is 0.150 e. The number of hydrogen-bond acceptors (Lipinski definition) is 6. The first-order valence-electron chi connectivity index (χ1n) is 12.2. The molecule has 0 radical (unpaired) electrons. The van der Waals surface area contributed by atoms with Gasteiger partial charge in [0.05, 0.1) is 27.2 Å². The molecule has 0 fully saturated rings. The first-order valence-corrected chi connectivity index (χ1v) is 13.8. The molecule has 0 amide bonds. The number of nitrogens with zero attached hydrogens (tertiary/aromatic N) is 2. The van der Waals surface area contributed by atoms with Crippen LogP contribution in [0.3, 0.4) is 0 Å². The third-order valence-corrected chi connectivity index (χ3v) is 8.14. The van der Waals surface area contributed by atoms with E-state index in [4.69, 9.17) is 9.47 Å². The van der Waals surface area contributed by atoms with Crippen molar-refractivity contribution < 1.29 is 9.47 Å². The molecule has 186 valence electrons. The van der Waals surface area contributed by atoms with Gasteiger partial charge in [0.2, 0.25) is 0 Å². The molecule has 0 spiro atoms. The minimum absolute atomic E-state index is 0.140. The monoisotopic (exact) mass is 500 g/mol. The topological polar surface area (TPSA) is 66.0 Å². The summed E-state index contributed by atoms with van der Waals surface area (Å²) in [7, 11) is 0. The summed E-state index contributed by atoms with van der Waals surface area (Å²) in [6.07, 6.45) is 4.27. The largest absolute Gasteiger partial charge is 0.492 e. The summed E-state index contributed by atoms with van der Waals surface area (Å²) in [5.74, 6) is 2.75. The molecule has 1 aliphatic rings. The van der Waals surface area contributed by atoms with E-state index in [2.05, 4.69) is 55.4 Å². The number of hydrogen-bond donors (Lipinski definition) is 0. The molecule has 4 nitrogen and oxygen atoms in total. The highest BCUT2D eigenvalue weighted by atomic mass is 32.2. The number of benzene rings is 1. The predicted octanol–water partition coefficient (Wildman–Crippen LogP) is 8.83. The second-order valence-corrected chi connectivity index (χ2v) is 14.1. The van der Waals surface area contributed by atoms with Crippen LogP contribution in [0.25, 0.3) is 0 Å². The summed E-state index contributed by atoms with van der Waals surface area (Å²) < 4.78 is 13.1. The van der Waals surface area contributed by atoms with E-state index in [1.807, 2.05) is 24.3 Å². The van der Waals surface area contributed by atoms with E-state index in [0.29, 0.717) is 40.1 Å². The van der Waals surface area contributed by atoms with Crippen LogP contribution >= 0.6 is 23.5 Å². The SMILES string of the molecule is CC(CCOc1ccc(OCCC(C)CC(C)(C)C)c2c1SC(=C(C#N)C#N)S2)CC(C)(C)C. The molecule has 1 heterocycles. The molecule has 1 aliphatic heterocycles. The zero-order chi connectivity index (χ0) is 25.5. The van der Waals surface area contributed by atoms with Gasteiger partial charge >= 0.3 is 0 Å². The van der Waals surface area contributed by atoms with Crippen molar-refractivity contribution in [2.75, 3.05) is 13.2 Å². The maximum absolute atomic E-state index is 9.38. The van der Waals surface area contributed by atoms with Crippen molar-refractivity contribution in [3.05, 3.63) is 21.9 Å². The van der Waals surface area contributed by atoms with Crippen molar-refractivity contribution in [3.8, 4) is 23.6 Å². The highest BCUT2D eigenvalue weighted by Crippen LogP contribution is 2.58. The number of fused-ring (bicyclic) bond motifs is 1. The Kier molecular flexibility index (Phi) is 10.3. The maximum atomic E-state index is 9.38. The van der Waals surface area contributed by atoms with Crippen LogP contribution in [0.1, 0.15) is 81.1 Å². The van der Waals surface area contributed by atoms with E-state index in [9.17, 15) is 10.5 Å². The van der Waals surface area contributed by atoms with Crippen LogP contribution in [0.2, 0.25) is 0 Å². The quantitative estimate of drug-likeness (QED) is 0.299. The fourth-order valence-corrected chi connectivity index (χ4v) is 6.92. The van der Waals surface area contributed by atoms with Crippen LogP contribution < -0.4 is 9.47 Å². The fourth-order valence-electron chi connectivity index (χ4n) is 4.41. The van der Waals surface area contributed by atoms with E-state index in [1.54, 1.807) is 0 Å². The summed E-state index contributed by atoms with van der Waals surface area (Å²) in [5, 5.41) is 18.8. The Morgan fingerprint density at radius 1 is 0.794 bits per heavy atom. The zero-order valence-corrected chi connectivity index (χ0v) is 23.7. The first-order chi connectivity index (χ1) is 15.8. The van der Waals surface area contributed by atoms with Crippen molar-refractivity contribution in [1.29, 1.82) is 10.5 Å². The molecule has 0 N–H and O–H groups in total. The molecule has 6 heteroatoms. The van der Waals surface area contributed by atoms with Gasteiger partial charge in [-0.2, -0.15) is 10.5 Å². The Labute approximate surface area is 215 Å². The lowest BCUT2D eigenvalue weighted by Gasteiger charge is -2.23. The number of ether oxygens (including phenoxy) is 2. The van der Waals surface area contributed by atoms with Gasteiger partial charge in [0, 0.05) is 0 Å². The highest BCUT2D eigenvalue weighted by molar-refractivity contribution is 8.24. The van der Waals surface area contributed by atoms with Crippen LogP contribution in [-0.4, -0.2) is 13.2 Å². The summed E-state index contributed by atoms with van der Waals surface area (Å²) >= 11 is 2.89. The fraction of sp³-hybridized carbons (Fsp3) is 0.643. The van der Waals surface area contributed by atoms with Crippen LogP contribution in [0.5, 0.6) is 11.5 Å². The lowest BCUT2D eigenvalue weighted by Crippen LogP contribution is -2.14. The predicted molar refractivity (Wildman–Crippen MR) is 143 cm³/mol. The van der Waals surface area contributed by atoms with Gasteiger partial charge in [-0.15, -0.1) is 0 Å². The molecule has 0 saturated carbocycles. The minimum atomic E-state index is 0.140. The molecular weight excluding hydrogens is 460 g/mol. The van der Waals surface area contributed by atoms with E-state index in [1.165, 1.54) is 23.5 Å². The Hall–Kier alpha value is -1.76. The molecule has 0 saturated heterocycles. The number of thioether (sulfide) groups is 2. The lowest BCUT2D eigenvalue weighted by molar-refractivity contribution is 0.231. The molecule has 2 atom stereocenters. The summed E-state index contributed by atoms with van der Waals surface area (Å²) in [6.45, 7) is 19.4. The third-order valence-electron chi connectivity index (χ3n) is 5.52.